The Morgan fingerprint density at radius 3 is 2.62 bits per heavy atom. The van der Waals surface area contributed by atoms with Crippen molar-refractivity contribution in [2.45, 2.75) is 39.7 Å². The van der Waals surface area contributed by atoms with Crippen LogP contribution in [0.2, 0.25) is 0 Å². The number of nitrogens with zero attached hydrogens (tertiary/aromatic N) is 3. The number of aromatic nitrogens is 2. The van der Waals surface area contributed by atoms with Crippen LogP contribution in [0.3, 0.4) is 0 Å². The Bertz CT molecular complexity index is 696. The number of rotatable bonds is 6. The summed E-state index contributed by atoms with van der Waals surface area (Å²) < 4.78 is 27.5. The molecule has 8 heteroatoms. The summed E-state index contributed by atoms with van der Waals surface area (Å²) in [5.41, 5.74) is 1.47. The number of likely N-dealkylation sites (tertiary alicyclic amines) is 1. The van der Waals surface area contributed by atoms with Gasteiger partial charge in [-0.15, -0.1) is 0 Å². The second-order valence-corrected chi connectivity index (χ2v) is 8.79. The van der Waals surface area contributed by atoms with E-state index in [2.05, 4.69) is 30.6 Å². The molecule has 1 amide bonds. The highest BCUT2D eigenvalue weighted by Gasteiger charge is 2.39. The van der Waals surface area contributed by atoms with E-state index in [0.29, 0.717) is 18.8 Å². The highest BCUT2D eigenvalue weighted by Crippen LogP contribution is 2.26. The molecule has 0 saturated carbocycles. The Balaban J connectivity index is 2.18. The molecule has 2 rings (SSSR count). The third kappa shape index (κ3) is 4.36. The zero-order valence-electron chi connectivity index (χ0n) is 15.1. The molecule has 2 heterocycles. The number of amides is 1. The molecular weight excluding hydrogens is 328 g/mol. The number of hydrogen-bond acceptors (Lipinski definition) is 4. The van der Waals surface area contributed by atoms with Crippen molar-refractivity contribution in [1.29, 1.82) is 0 Å². The SMILES string of the molecule is CCCc1cc(C(=O)N2C[C@H](NS(C)(=O)=O)[C@@H](C(C)C)C2)n(C)n1. The first-order chi connectivity index (χ1) is 11.1. The second-order valence-electron chi connectivity index (χ2n) is 7.01. The fourth-order valence-corrected chi connectivity index (χ4v) is 4.14. The minimum absolute atomic E-state index is 0.0872. The molecule has 24 heavy (non-hydrogen) atoms. The average Bonchev–Trinajstić information content (AvgIpc) is 3.00. The number of nitrogens with one attached hydrogen (secondary N) is 1. The van der Waals surface area contributed by atoms with Gasteiger partial charge < -0.3 is 4.90 Å². The molecule has 0 radical (unpaired) electrons. The Labute approximate surface area is 144 Å². The zero-order chi connectivity index (χ0) is 18.1. The summed E-state index contributed by atoms with van der Waals surface area (Å²) in [5.74, 6) is 0.298. The molecule has 1 aromatic rings. The van der Waals surface area contributed by atoms with Crippen molar-refractivity contribution >= 4 is 15.9 Å². The lowest BCUT2D eigenvalue weighted by atomic mass is 9.92. The van der Waals surface area contributed by atoms with Crippen LogP contribution in [0.1, 0.15) is 43.4 Å². The quantitative estimate of drug-likeness (QED) is 0.825. The molecule has 1 aliphatic rings. The third-order valence-electron chi connectivity index (χ3n) is 4.53. The number of carbonyl (C=O) groups is 1. The van der Waals surface area contributed by atoms with Crippen LogP contribution >= 0.6 is 0 Å². The van der Waals surface area contributed by atoms with Crippen LogP contribution in [-0.2, 0) is 23.5 Å². The van der Waals surface area contributed by atoms with Gasteiger partial charge in [0.15, 0.2) is 0 Å². The van der Waals surface area contributed by atoms with Gasteiger partial charge in [0, 0.05) is 26.2 Å². The van der Waals surface area contributed by atoms with E-state index in [1.54, 1.807) is 16.6 Å². The topological polar surface area (TPSA) is 84.3 Å². The maximum Gasteiger partial charge on any atom is 0.272 e. The van der Waals surface area contributed by atoms with Crippen LogP contribution in [0, 0.1) is 11.8 Å². The Morgan fingerprint density at radius 2 is 2.08 bits per heavy atom. The first-order valence-corrected chi connectivity index (χ1v) is 10.3. The van der Waals surface area contributed by atoms with Gasteiger partial charge >= 0.3 is 0 Å². The van der Waals surface area contributed by atoms with Crippen molar-refractivity contribution < 1.29 is 13.2 Å². The van der Waals surface area contributed by atoms with E-state index >= 15 is 0 Å². The molecule has 7 nitrogen and oxygen atoms in total. The lowest BCUT2D eigenvalue weighted by Crippen LogP contribution is -2.41. The third-order valence-corrected chi connectivity index (χ3v) is 5.26. The maximum absolute atomic E-state index is 12.9. The largest absolute Gasteiger partial charge is 0.335 e. The highest BCUT2D eigenvalue weighted by atomic mass is 32.2. The molecule has 1 saturated heterocycles. The van der Waals surface area contributed by atoms with Crippen LogP contribution in [-0.4, -0.2) is 54.4 Å². The molecule has 1 fully saturated rings. The Kier molecular flexibility index (Phi) is 5.70. The number of aryl methyl sites for hydroxylation is 2. The predicted molar refractivity (Wildman–Crippen MR) is 93.2 cm³/mol. The summed E-state index contributed by atoms with van der Waals surface area (Å²) in [6.07, 6.45) is 2.98. The summed E-state index contributed by atoms with van der Waals surface area (Å²) in [6, 6.07) is 1.60. The van der Waals surface area contributed by atoms with E-state index in [1.165, 1.54) is 0 Å². The molecule has 0 aromatic carbocycles. The van der Waals surface area contributed by atoms with E-state index in [9.17, 15) is 13.2 Å². The standard InChI is InChI=1S/C16H28N4O3S/c1-6-7-12-8-15(19(4)17-12)16(21)20-9-13(11(2)3)14(10-20)18-24(5,22)23/h8,11,13-14,18H,6-7,9-10H2,1-5H3/t13-,14+/m1/s1. The first-order valence-electron chi connectivity index (χ1n) is 8.41. The summed E-state index contributed by atoms with van der Waals surface area (Å²) in [4.78, 5) is 14.6. The lowest BCUT2D eigenvalue weighted by molar-refractivity contribution is 0.0772. The molecule has 1 N–H and O–H groups in total. The smallest absolute Gasteiger partial charge is 0.272 e. The average molecular weight is 356 g/mol. The molecule has 0 bridgehead atoms. The van der Waals surface area contributed by atoms with Gasteiger partial charge in [-0.05, 0) is 24.3 Å². The van der Waals surface area contributed by atoms with Gasteiger partial charge in [0.05, 0.1) is 11.9 Å². The summed E-state index contributed by atoms with van der Waals surface area (Å²) >= 11 is 0. The van der Waals surface area contributed by atoms with Crippen molar-refractivity contribution in [3.05, 3.63) is 17.5 Å². The van der Waals surface area contributed by atoms with Gasteiger partial charge in [0.2, 0.25) is 10.0 Å². The van der Waals surface area contributed by atoms with Crippen LogP contribution in [0.15, 0.2) is 6.07 Å². The van der Waals surface area contributed by atoms with Gasteiger partial charge in [-0.25, -0.2) is 13.1 Å². The summed E-state index contributed by atoms with van der Waals surface area (Å²) in [5, 5.41) is 4.38. The van der Waals surface area contributed by atoms with E-state index in [4.69, 9.17) is 0 Å². The van der Waals surface area contributed by atoms with Gasteiger partial charge in [0.1, 0.15) is 5.69 Å². The fraction of sp³-hybridized carbons (Fsp3) is 0.750. The van der Waals surface area contributed by atoms with Crippen LogP contribution in [0.4, 0.5) is 0 Å². The normalized spacial score (nSPS) is 21.7. The monoisotopic (exact) mass is 356 g/mol. The second kappa shape index (κ2) is 7.23. The Morgan fingerprint density at radius 1 is 1.42 bits per heavy atom. The maximum atomic E-state index is 12.9. The summed E-state index contributed by atoms with van der Waals surface area (Å²) in [7, 11) is -1.53. The van der Waals surface area contributed by atoms with Gasteiger partial charge in [-0.1, -0.05) is 27.2 Å². The van der Waals surface area contributed by atoms with Crippen molar-refractivity contribution in [2.75, 3.05) is 19.3 Å². The lowest BCUT2D eigenvalue weighted by Gasteiger charge is -2.21. The molecule has 1 aromatic heterocycles. The van der Waals surface area contributed by atoms with Gasteiger partial charge in [0.25, 0.3) is 5.91 Å². The van der Waals surface area contributed by atoms with E-state index in [-0.39, 0.29) is 23.8 Å². The molecular formula is C16H28N4O3S. The van der Waals surface area contributed by atoms with Crippen LogP contribution in [0.25, 0.3) is 0 Å². The van der Waals surface area contributed by atoms with Crippen molar-refractivity contribution in [3.63, 3.8) is 0 Å². The van der Waals surface area contributed by atoms with E-state index < -0.39 is 10.0 Å². The van der Waals surface area contributed by atoms with Crippen LogP contribution < -0.4 is 4.72 Å². The number of carbonyl (C=O) groups excluding carboxylic acids is 1. The minimum atomic E-state index is -3.30. The molecule has 0 spiro atoms. The number of sulfonamides is 1. The van der Waals surface area contributed by atoms with Crippen molar-refractivity contribution in [2.24, 2.45) is 18.9 Å². The summed E-state index contributed by atoms with van der Waals surface area (Å²) in [6.45, 7) is 7.13. The minimum Gasteiger partial charge on any atom is -0.335 e. The van der Waals surface area contributed by atoms with E-state index in [0.717, 1.165) is 24.8 Å². The zero-order valence-corrected chi connectivity index (χ0v) is 15.9. The fourth-order valence-electron chi connectivity index (χ4n) is 3.34. The molecule has 1 aliphatic heterocycles. The van der Waals surface area contributed by atoms with Gasteiger partial charge in [-0.3, -0.25) is 9.48 Å². The Hall–Kier alpha value is -1.41. The van der Waals surface area contributed by atoms with E-state index in [1.807, 2.05) is 6.07 Å². The van der Waals surface area contributed by atoms with Crippen molar-refractivity contribution in [1.82, 2.24) is 19.4 Å². The first kappa shape index (κ1) is 18.9. The molecule has 0 aliphatic carbocycles. The van der Waals surface area contributed by atoms with Crippen LogP contribution in [0.5, 0.6) is 0 Å². The number of hydrogen-bond donors (Lipinski definition) is 1. The van der Waals surface area contributed by atoms with Gasteiger partial charge in [-0.2, -0.15) is 5.10 Å². The highest BCUT2D eigenvalue weighted by molar-refractivity contribution is 7.88. The molecule has 0 unspecified atom stereocenters. The molecule has 136 valence electrons. The predicted octanol–water partition coefficient (Wildman–Crippen LogP) is 1.02. The molecule has 2 atom stereocenters. The van der Waals surface area contributed by atoms with Crippen molar-refractivity contribution in [3.8, 4) is 0 Å².